The van der Waals surface area contributed by atoms with Crippen molar-refractivity contribution in [1.82, 2.24) is 5.32 Å². The van der Waals surface area contributed by atoms with E-state index in [1.54, 1.807) is 16.7 Å². The molecular formula is C9H13NOS. The summed E-state index contributed by atoms with van der Waals surface area (Å²) in [5.74, 6) is 0.458. The Kier molecular flexibility index (Phi) is 2.33. The topological polar surface area (TPSA) is 32.3 Å². The summed E-state index contributed by atoms with van der Waals surface area (Å²) >= 11 is 1.57. The van der Waals surface area contributed by atoms with Crippen molar-refractivity contribution in [3.8, 4) is 5.75 Å². The van der Waals surface area contributed by atoms with E-state index in [0.29, 0.717) is 11.8 Å². The summed E-state index contributed by atoms with van der Waals surface area (Å²) in [4.78, 5) is 0. The predicted octanol–water partition coefficient (Wildman–Crippen LogP) is 2.27. The maximum Gasteiger partial charge on any atom is 0.131 e. The molecule has 0 saturated carbocycles. The van der Waals surface area contributed by atoms with Crippen molar-refractivity contribution in [1.29, 1.82) is 0 Å². The van der Waals surface area contributed by atoms with E-state index >= 15 is 0 Å². The smallest absolute Gasteiger partial charge is 0.131 e. The molecule has 3 heteroatoms. The average molecular weight is 183 g/mol. The molecule has 2 heterocycles. The molecule has 1 fully saturated rings. The second-order valence-corrected chi connectivity index (χ2v) is 3.96. The van der Waals surface area contributed by atoms with Gasteiger partial charge in [0, 0.05) is 17.0 Å². The second kappa shape index (κ2) is 3.46. The highest BCUT2D eigenvalue weighted by atomic mass is 32.1. The SMILES string of the molecule is Oc1cscc1[C@@H]1CCCCN1. The Hall–Kier alpha value is -0.540. The molecule has 0 amide bonds. The number of rotatable bonds is 1. The Morgan fingerprint density at radius 3 is 2.92 bits per heavy atom. The van der Waals surface area contributed by atoms with E-state index in [9.17, 15) is 5.11 Å². The van der Waals surface area contributed by atoms with Gasteiger partial charge in [-0.3, -0.25) is 0 Å². The molecule has 0 unspecified atom stereocenters. The predicted molar refractivity (Wildman–Crippen MR) is 50.6 cm³/mol. The number of hydrogen-bond donors (Lipinski definition) is 2. The van der Waals surface area contributed by atoms with Gasteiger partial charge in [0.15, 0.2) is 0 Å². The summed E-state index contributed by atoms with van der Waals surface area (Å²) < 4.78 is 0. The molecule has 1 aliphatic heterocycles. The van der Waals surface area contributed by atoms with E-state index in [1.165, 1.54) is 12.8 Å². The zero-order chi connectivity index (χ0) is 8.39. The molecule has 0 spiro atoms. The van der Waals surface area contributed by atoms with Gasteiger partial charge in [-0.25, -0.2) is 0 Å². The average Bonchev–Trinajstić information content (AvgIpc) is 2.53. The first-order valence-electron chi connectivity index (χ1n) is 4.36. The first kappa shape index (κ1) is 8.08. The second-order valence-electron chi connectivity index (χ2n) is 3.21. The maximum absolute atomic E-state index is 9.47. The maximum atomic E-state index is 9.47. The highest BCUT2D eigenvalue weighted by Gasteiger charge is 2.17. The number of hydrogen-bond acceptors (Lipinski definition) is 3. The summed E-state index contributed by atoms with van der Waals surface area (Å²) in [5.41, 5.74) is 1.08. The molecule has 1 saturated heterocycles. The number of thiophene rings is 1. The summed E-state index contributed by atoms with van der Waals surface area (Å²) in [6.07, 6.45) is 3.69. The van der Waals surface area contributed by atoms with E-state index in [1.807, 2.05) is 5.38 Å². The van der Waals surface area contributed by atoms with Crippen molar-refractivity contribution < 1.29 is 5.11 Å². The lowest BCUT2D eigenvalue weighted by atomic mass is 9.99. The van der Waals surface area contributed by atoms with Crippen molar-refractivity contribution in [2.24, 2.45) is 0 Å². The van der Waals surface area contributed by atoms with Gasteiger partial charge in [0.05, 0.1) is 0 Å². The van der Waals surface area contributed by atoms with Crippen LogP contribution in [0, 0.1) is 0 Å². The van der Waals surface area contributed by atoms with Crippen LogP contribution in [0.4, 0.5) is 0 Å². The molecule has 1 aromatic rings. The Balaban J connectivity index is 2.13. The number of piperidine rings is 1. The fraction of sp³-hybridized carbons (Fsp3) is 0.556. The van der Waals surface area contributed by atoms with Crippen molar-refractivity contribution >= 4 is 11.3 Å². The van der Waals surface area contributed by atoms with Gasteiger partial charge in [-0.15, -0.1) is 11.3 Å². The minimum absolute atomic E-state index is 0.394. The van der Waals surface area contributed by atoms with Crippen LogP contribution in [0.15, 0.2) is 10.8 Å². The standard InChI is InChI=1S/C9H13NOS/c11-9-6-12-5-7(9)8-3-1-2-4-10-8/h5-6,8,10-11H,1-4H2/t8-/m0/s1. The lowest BCUT2D eigenvalue weighted by Gasteiger charge is -2.22. The zero-order valence-corrected chi connectivity index (χ0v) is 7.73. The highest BCUT2D eigenvalue weighted by Crippen LogP contribution is 2.32. The van der Waals surface area contributed by atoms with Crippen LogP contribution in [-0.2, 0) is 0 Å². The van der Waals surface area contributed by atoms with Gasteiger partial charge in [0.25, 0.3) is 0 Å². The van der Waals surface area contributed by atoms with Gasteiger partial charge in [-0.1, -0.05) is 6.42 Å². The molecule has 66 valence electrons. The van der Waals surface area contributed by atoms with Gasteiger partial charge in [0.2, 0.25) is 0 Å². The largest absolute Gasteiger partial charge is 0.507 e. The number of aromatic hydroxyl groups is 1. The molecule has 1 aromatic heterocycles. The first-order valence-corrected chi connectivity index (χ1v) is 5.30. The van der Waals surface area contributed by atoms with Crippen LogP contribution < -0.4 is 5.32 Å². The lowest BCUT2D eigenvalue weighted by Crippen LogP contribution is -2.26. The molecule has 0 aliphatic carbocycles. The van der Waals surface area contributed by atoms with Gasteiger partial charge in [-0.2, -0.15) is 0 Å². The van der Waals surface area contributed by atoms with Crippen molar-refractivity contribution in [2.45, 2.75) is 25.3 Å². The molecule has 12 heavy (non-hydrogen) atoms. The van der Waals surface area contributed by atoms with Crippen LogP contribution >= 0.6 is 11.3 Å². The van der Waals surface area contributed by atoms with E-state index in [-0.39, 0.29) is 0 Å². The zero-order valence-electron chi connectivity index (χ0n) is 6.92. The molecule has 0 bridgehead atoms. The van der Waals surface area contributed by atoms with Crippen LogP contribution in [0.3, 0.4) is 0 Å². The van der Waals surface area contributed by atoms with Gasteiger partial charge >= 0.3 is 0 Å². The third-order valence-electron chi connectivity index (χ3n) is 2.36. The molecule has 2 N–H and O–H groups in total. The highest BCUT2D eigenvalue weighted by molar-refractivity contribution is 7.08. The Labute approximate surface area is 76.2 Å². The van der Waals surface area contributed by atoms with Crippen LogP contribution in [-0.4, -0.2) is 11.7 Å². The Morgan fingerprint density at radius 1 is 1.42 bits per heavy atom. The van der Waals surface area contributed by atoms with Crippen LogP contribution in [0.25, 0.3) is 0 Å². The molecule has 1 atom stereocenters. The normalized spacial score (nSPS) is 24.2. The molecule has 2 nitrogen and oxygen atoms in total. The van der Waals surface area contributed by atoms with Gasteiger partial charge in [0.1, 0.15) is 5.75 Å². The fourth-order valence-electron chi connectivity index (χ4n) is 1.68. The Morgan fingerprint density at radius 2 is 2.33 bits per heavy atom. The van der Waals surface area contributed by atoms with Crippen LogP contribution in [0.2, 0.25) is 0 Å². The fourth-order valence-corrected chi connectivity index (χ4v) is 2.44. The molecular weight excluding hydrogens is 170 g/mol. The van der Waals surface area contributed by atoms with Crippen LogP contribution in [0.1, 0.15) is 30.9 Å². The third kappa shape index (κ3) is 1.47. The van der Waals surface area contributed by atoms with E-state index in [4.69, 9.17) is 0 Å². The summed E-state index contributed by atoms with van der Waals surface area (Å²) in [7, 11) is 0. The third-order valence-corrected chi connectivity index (χ3v) is 3.11. The minimum Gasteiger partial charge on any atom is -0.507 e. The van der Waals surface area contributed by atoms with Crippen LogP contribution in [0.5, 0.6) is 5.75 Å². The van der Waals surface area contributed by atoms with E-state index in [2.05, 4.69) is 5.32 Å². The quantitative estimate of drug-likeness (QED) is 0.700. The molecule has 1 aliphatic rings. The minimum atomic E-state index is 0.394. The Bertz CT molecular complexity index is 253. The van der Waals surface area contributed by atoms with Gasteiger partial charge in [-0.05, 0) is 24.8 Å². The lowest BCUT2D eigenvalue weighted by molar-refractivity contribution is 0.393. The summed E-state index contributed by atoms with van der Waals surface area (Å²) in [6, 6.07) is 0.394. The molecule has 0 radical (unpaired) electrons. The van der Waals surface area contributed by atoms with E-state index < -0.39 is 0 Å². The van der Waals surface area contributed by atoms with E-state index in [0.717, 1.165) is 18.5 Å². The first-order chi connectivity index (χ1) is 5.88. The number of nitrogens with one attached hydrogen (secondary N) is 1. The summed E-state index contributed by atoms with van der Waals surface area (Å²) in [5, 5.41) is 16.7. The van der Waals surface area contributed by atoms with Crippen molar-refractivity contribution in [2.75, 3.05) is 6.54 Å². The molecule has 0 aromatic carbocycles. The monoisotopic (exact) mass is 183 g/mol. The molecule has 2 rings (SSSR count). The van der Waals surface area contributed by atoms with Gasteiger partial charge < -0.3 is 10.4 Å². The van der Waals surface area contributed by atoms with Crippen molar-refractivity contribution in [3.05, 3.63) is 16.3 Å². The van der Waals surface area contributed by atoms with Crippen molar-refractivity contribution in [3.63, 3.8) is 0 Å². The summed E-state index contributed by atoms with van der Waals surface area (Å²) in [6.45, 7) is 1.08.